The molecule has 16 heteroatoms. The van der Waals surface area contributed by atoms with E-state index in [9.17, 15) is 22.8 Å². The molecule has 0 bridgehead atoms. The minimum atomic E-state index is -4.70. The van der Waals surface area contributed by atoms with Gasteiger partial charge in [0.1, 0.15) is 5.69 Å². The van der Waals surface area contributed by atoms with E-state index in [4.69, 9.17) is 16.3 Å². The molecule has 12 nitrogen and oxygen atoms in total. The molecule has 0 aliphatic heterocycles. The highest BCUT2D eigenvalue weighted by molar-refractivity contribution is 6.32. The van der Waals surface area contributed by atoms with Crippen molar-refractivity contribution < 1.29 is 27.5 Å². The van der Waals surface area contributed by atoms with Crippen LogP contribution in [0.15, 0.2) is 48.8 Å². The Morgan fingerprint density at radius 1 is 1.07 bits per heavy atom. The van der Waals surface area contributed by atoms with Gasteiger partial charge < -0.3 is 15.4 Å². The summed E-state index contributed by atoms with van der Waals surface area (Å²) in [6, 6.07) is 8.26. The summed E-state index contributed by atoms with van der Waals surface area (Å²) < 4.78 is 48.5. The van der Waals surface area contributed by atoms with Gasteiger partial charge in [0.15, 0.2) is 17.2 Å². The number of halogens is 4. The number of carbonyl (C=O) groups is 2. The third-order valence-electron chi connectivity index (χ3n) is 5.95. The van der Waals surface area contributed by atoms with Crippen LogP contribution in [0.25, 0.3) is 11.3 Å². The first-order chi connectivity index (χ1) is 19.8. The molecule has 0 aromatic carbocycles. The normalized spacial score (nSPS) is 11.7. The molecular formula is C26H23ClF3N9O3. The van der Waals surface area contributed by atoms with E-state index in [1.807, 2.05) is 0 Å². The Kier molecular flexibility index (Phi) is 7.36. The summed E-state index contributed by atoms with van der Waals surface area (Å²) in [4.78, 5) is 31.2. The predicted octanol–water partition coefficient (Wildman–Crippen LogP) is 4.81. The number of aryl methyl sites for hydroxylation is 2. The fraction of sp³-hybridized carbons (Fsp3) is 0.231. The highest BCUT2D eigenvalue weighted by atomic mass is 35.5. The van der Waals surface area contributed by atoms with Crippen molar-refractivity contribution in [2.24, 2.45) is 7.05 Å². The maximum atomic E-state index is 13.8. The average Bonchev–Trinajstić information content (AvgIpc) is 3.63. The van der Waals surface area contributed by atoms with Crippen LogP contribution in [0, 0.1) is 6.92 Å². The van der Waals surface area contributed by atoms with Crippen molar-refractivity contribution in [1.82, 2.24) is 39.5 Å². The molecule has 0 atom stereocenters. The number of hydrogen-bond acceptors (Lipinski definition) is 7. The second kappa shape index (κ2) is 10.8. The van der Waals surface area contributed by atoms with Crippen LogP contribution in [0.3, 0.4) is 0 Å². The SMILES string of the molecule is Cc1cc2ccnn2c(C(=O)NC(C)C)c1NC(=O)c1cc(Oc2cc(C(F)(F)F)nn2C)nn1-c1ncccc1Cl. The van der Waals surface area contributed by atoms with Gasteiger partial charge in [0, 0.05) is 31.4 Å². The molecule has 0 fully saturated rings. The van der Waals surface area contributed by atoms with Gasteiger partial charge in [-0.1, -0.05) is 11.6 Å². The predicted molar refractivity (Wildman–Crippen MR) is 145 cm³/mol. The van der Waals surface area contributed by atoms with Crippen molar-refractivity contribution in [3.8, 4) is 17.6 Å². The Morgan fingerprint density at radius 3 is 2.50 bits per heavy atom. The Hall–Kier alpha value is -4.92. The van der Waals surface area contributed by atoms with Gasteiger partial charge in [0.2, 0.25) is 11.8 Å². The van der Waals surface area contributed by atoms with Gasteiger partial charge in [-0.05, 0) is 50.6 Å². The van der Waals surface area contributed by atoms with E-state index in [1.165, 1.54) is 36.1 Å². The Labute approximate surface area is 241 Å². The fourth-order valence-corrected chi connectivity index (χ4v) is 4.33. The second-order valence-electron chi connectivity index (χ2n) is 9.48. The molecular weight excluding hydrogens is 579 g/mol. The van der Waals surface area contributed by atoms with Crippen molar-refractivity contribution in [3.63, 3.8) is 0 Å². The first-order valence-electron chi connectivity index (χ1n) is 12.4. The number of ether oxygens (including phenoxy) is 1. The van der Waals surface area contributed by atoms with Crippen LogP contribution in [0.2, 0.25) is 5.02 Å². The number of rotatable bonds is 7. The molecule has 5 aromatic heterocycles. The zero-order chi connectivity index (χ0) is 30.3. The minimum Gasteiger partial charge on any atom is -0.419 e. The molecule has 2 amide bonds. The molecule has 2 N–H and O–H groups in total. The highest BCUT2D eigenvalue weighted by Crippen LogP contribution is 2.33. The quantitative estimate of drug-likeness (QED) is 0.273. The third kappa shape index (κ3) is 5.50. The van der Waals surface area contributed by atoms with E-state index in [0.29, 0.717) is 17.1 Å². The van der Waals surface area contributed by atoms with Gasteiger partial charge in [-0.2, -0.15) is 23.4 Å². The fourth-order valence-electron chi connectivity index (χ4n) is 4.13. The smallest absolute Gasteiger partial charge is 0.419 e. The van der Waals surface area contributed by atoms with Gasteiger partial charge in [0.25, 0.3) is 11.8 Å². The second-order valence-corrected chi connectivity index (χ2v) is 9.89. The zero-order valence-corrected chi connectivity index (χ0v) is 23.3. The van der Waals surface area contributed by atoms with Gasteiger partial charge in [0.05, 0.1) is 22.4 Å². The number of amides is 2. The summed E-state index contributed by atoms with van der Waals surface area (Å²) >= 11 is 6.34. The van der Waals surface area contributed by atoms with Crippen molar-refractivity contribution in [2.45, 2.75) is 33.0 Å². The van der Waals surface area contributed by atoms with E-state index >= 15 is 0 Å². The van der Waals surface area contributed by atoms with Crippen LogP contribution >= 0.6 is 11.6 Å². The lowest BCUT2D eigenvalue weighted by Crippen LogP contribution is -2.33. The summed E-state index contributed by atoms with van der Waals surface area (Å²) in [5.74, 6) is -1.68. The number of carbonyl (C=O) groups excluding carboxylic acids is 2. The standard InChI is InChI=1S/C26H23ClF3N9O3/c1-13(2)33-25(41)22-21(14(3)10-15-7-9-32-38(15)22)34-24(40)17-11-19(36-39(17)23-16(27)6-5-8-31-23)42-20-12-18(26(28,29)30)35-37(20)4/h5-13H,1-4H3,(H,33,41)(H,34,40). The van der Waals surface area contributed by atoms with Crippen molar-refractivity contribution in [2.75, 3.05) is 5.32 Å². The largest absolute Gasteiger partial charge is 0.435 e. The van der Waals surface area contributed by atoms with Crippen LogP contribution < -0.4 is 15.4 Å². The average molecular weight is 602 g/mol. The molecule has 0 saturated carbocycles. The number of nitrogens with zero attached hydrogens (tertiary/aromatic N) is 7. The minimum absolute atomic E-state index is 0.0529. The molecule has 5 rings (SSSR count). The summed E-state index contributed by atoms with van der Waals surface area (Å²) in [5.41, 5.74) is 0.164. The molecule has 0 aliphatic rings. The molecule has 0 radical (unpaired) electrons. The van der Waals surface area contributed by atoms with E-state index in [1.54, 1.807) is 39.0 Å². The number of pyridine rings is 2. The van der Waals surface area contributed by atoms with Crippen molar-refractivity contribution in [1.29, 1.82) is 0 Å². The monoisotopic (exact) mass is 601 g/mol. The number of fused-ring (bicyclic) bond motifs is 1. The van der Waals surface area contributed by atoms with Gasteiger partial charge >= 0.3 is 6.18 Å². The third-order valence-corrected chi connectivity index (χ3v) is 6.24. The first-order valence-corrected chi connectivity index (χ1v) is 12.8. The topological polar surface area (TPSA) is 133 Å². The van der Waals surface area contributed by atoms with Crippen LogP contribution in [0.5, 0.6) is 11.8 Å². The van der Waals surface area contributed by atoms with E-state index < -0.39 is 23.7 Å². The first kappa shape index (κ1) is 28.6. The summed E-state index contributed by atoms with van der Waals surface area (Å²) in [6.07, 6.45) is -1.75. The number of nitrogens with one attached hydrogen (secondary N) is 2. The summed E-state index contributed by atoms with van der Waals surface area (Å²) in [6.45, 7) is 5.31. The number of anilines is 1. The lowest BCUT2D eigenvalue weighted by molar-refractivity contribution is -0.141. The van der Waals surface area contributed by atoms with Crippen LogP contribution in [0.1, 0.15) is 46.1 Å². The van der Waals surface area contributed by atoms with E-state index in [-0.39, 0.29) is 45.7 Å². The van der Waals surface area contributed by atoms with Crippen molar-refractivity contribution >= 4 is 34.6 Å². The van der Waals surface area contributed by atoms with Gasteiger partial charge in [-0.15, -0.1) is 5.10 Å². The molecule has 0 unspecified atom stereocenters. The van der Waals surface area contributed by atoms with E-state index in [0.717, 1.165) is 9.36 Å². The zero-order valence-electron chi connectivity index (χ0n) is 22.6. The molecule has 218 valence electrons. The number of hydrogen-bond donors (Lipinski definition) is 2. The van der Waals surface area contributed by atoms with Gasteiger partial charge in [-0.25, -0.2) is 18.9 Å². The Morgan fingerprint density at radius 2 is 1.83 bits per heavy atom. The van der Waals surface area contributed by atoms with Crippen LogP contribution in [-0.4, -0.2) is 52.0 Å². The van der Waals surface area contributed by atoms with Crippen molar-refractivity contribution in [3.05, 3.63) is 76.5 Å². The van der Waals surface area contributed by atoms with E-state index in [2.05, 4.69) is 30.9 Å². The molecule has 0 spiro atoms. The highest BCUT2D eigenvalue weighted by Gasteiger charge is 2.35. The number of alkyl halides is 3. The molecule has 5 heterocycles. The molecule has 5 aromatic rings. The Bertz CT molecular complexity index is 1820. The Balaban J connectivity index is 1.58. The molecule has 0 saturated heterocycles. The maximum Gasteiger partial charge on any atom is 0.435 e. The number of aromatic nitrogens is 7. The molecule has 0 aliphatic carbocycles. The maximum absolute atomic E-state index is 13.8. The van der Waals surface area contributed by atoms with Crippen LogP contribution in [0.4, 0.5) is 18.9 Å². The summed E-state index contributed by atoms with van der Waals surface area (Å²) in [7, 11) is 1.27. The lowest BCUT2D eigenvalue weighted by Gasteiger charge is -2.17. The van der Waals surface area contributed by atoms with Crippen LogP contribution in [-0.2, 0) is 13.2 Å². The molecule has 42 heavy (non-hydrogen) atoms. The van der Waals surface area contributed by atoms with Gasteiger partial charge in [-0.3, -0.25) is 9.59 Å². The lowest BCUT2D eigenvalue weighted by atomic mass is 10.1. The summed E-state index contributed by atoms with van der Waals surface area (Å²) in [5, 5.41) is 17.6.